The normalized spacial score (nSPS) is 17.9. The van der Waals surface area contributed by atoms with Gasteiger partial charge in [-0.25, -0.2) is 9.37 Å². The third-order valence-electron chi connectivity index (χ3n) is 5.74. The van der Waals surface area contributed by atoms with Crippen molar-refractivity contribution in [3.05, 3.63) is 66.1 Å². The molecule has 0 bridgehead atoms. The van der Waals surface area contributed by atoms with E-state index in [4.69, 9.17) is 4.74 Å². The number of anilines is 2. The number of nitrogens with zero attached hydrogens (tertiary/aromatic N) is 3. The van der Waals surface area contributed by atoms with E-state index in [0.717, 1.165) is 16.8 Å². The number of halogens is 1. The summed E-state index contributed by atoms with van der Waals surface area (Å²) in [5.41, 5.74) is 3.53. The van der Waals surface area contributed by atoms with Crippen molar-refractivity contribution in [1.82, 2.24) is 9.97 Å². The summed E-state index contributed by atoms with van der Waals surface area (Å²) in [6.07, 6.45) is 3.63. The van der Waals surface area contributed by atoms with Gasteiger partial charge in [0.2, 0.25) is 0 Å². The molecule has 0 aliphatic carbocycles. The zero-order chi connectivity index (χ0) is 23.6. The van der Waals surface area contributed by atoms with Gasteiger partial charge in [0, 0.05) is 36.6 Å². The summed E-state index contributed by atoms with van der Waals surface area (Å²) < 4.78 is 20.0. The van der Waals surface area contributed by atoms with E-state index in [1.165, 1.54) is 0 Å². The van der Waals surface area contributed by atoms with Gasteiger partial charge in [-0.1, -0.05) is 35.2 Å². The van der Waals surface area contributed by atoms with Crippen LogP contribution in [0.1, 0.15) is 42.2 Å². The van der Waals surface area contributed by atoms with E-state index in [9.17, 15) is 9.18 Å². The Balaban J connectivity index is 1.75. The van der Waals surface area contributed by atoms with E-state index in [1.807, 2.05) is 41.3 Å². The summed E-state index contributed by atoms with van der Waals surface area (Å²) in [7, 11) is 3.89. The quantitative estimate of drug-likeness (QED) is 0.501. The minimum atomic E-state index is -1.38. The van der Waals surface area contributed by atoms with Crippen molar-refractivity contribution in [2.45, 2.75) is 31.6 Å². The fourth-order valence-corrected chi connectivity index (χ4v) is 4.24. The summed E-state index contributed by atoms with van der Waals surface area (Å²) in [6, 6.07) is 13.1. The van der Waals surface area contributed by atoms with Gasteiger partial charge in [0.15, 0.2) is 5.82 Å². The molecule has 3 aromatic rings. The lowest BCUT2D eigenvalue weighted by Crippen LogP contribution is -2.26. The van der Waals surface area contributed by atoms with Crippen LogP contribution in [0.2, 0.25) is 0 Å². The first-order chi connectivity index (χ1) is 15.8. The minimum Gasteiger partial charge on any atom is -0.497 e. The number of amides is 1. The lowest BCUT2D eigenvalue weighted by atomic mass is 10.0. The van der Waals surface area contributed by atoms with Crippen LogP contribution in [0.3, 0.4) is 0 Å². The van der Waals surface area contributed by atoms with E-state index in [2.05, 4.69) is 38.4 Å². The number of nitrogens with one attached hydrogen (secondary N) is 1. The number of ether oxygens (including phenoxy) is 1. The smallest absolute Gasteiger partial charge is 0.257 e. The highest BCUT2D eigenvalue weighted by atomic mass is 31.0. The van der Waals surface area contributed by atoms with Crippen LogP contribution in [0.5, 0.6) is 5.75 Å². The molecule has 3 heterocycles. The van der Waals surface area contributed by atoms with Gasteiger partial charge in [-0.05, 0) is 41.8 Å². The molecule has 1 amide bonds. The van der Waals surface area contributed by atoms with Gasteiger partial charge in [0.25, 0.3) is 5.91 Å². The molecule has 0 saturated carbocycles. The number of carbonyl (C=O) groups is 1. The van der Waals surface area contributed by atoms with Crippen LogP contribution < -0.4 is 15.0 Å². The molecule has 2 unspecified atom stereocenters. The highest BCUT2D eigenvalue weighted by Gasteiger charge is 2.36. The van der Waals surface area contributed by atoms with E-state index < -0.39 is 5.41 Å². The van der Waals surface area contributed by atoms with Crippen molar-refractivity contribution in [1.29, 1.82) is 0 Å². The Morgan fingerprint density at radius 3 is 2.70 bits per heavy atom. The van der Waals surface area contributed by atoms with Crippen molar-refractivity contribution in [2.75, 3.05) is 30.4 Å². The largest absolute Gasteiger partial charge is 0.497 e. The van der Waals surface area contributed by atoms with Crippen molar-refractivity contribution in [3.63, 3.8) is 0 Å². The van der Waals surface area contributed by atoms with Crippen molar-refractivity contribution >= 4 is 26.7 Å². The molecule has 2 aromatic heterocycles. The molecule has 2 atom stereocenters. The van der Waals surface area contributed by atoms with Crippen molar-refractivity contribution in [3.8, 4) is 16.9 Å². The molecule has 1 aromatic carbocycles. The first kappa shape index (κ1) is 23.1. The fourth-order valence-electron chi connectivity index (χ4n) is 3.89. The van der Waals surface area contributed by atoms with E-state index >= 15 is 0 Å². The van der Waals surface area contributed by atoms with Crippen molar-refractivity contribution < 1.29 is 13.9 Å². The van der Waals surface area contributed by atoms with Gasteiger partial charge in [-0.3, -0.25) is 9.78 Å². The molecular formula is C25H28FN4O2P. The highest BCUT2D eigenvalue weighted by Crippen LogP contribution is 2.41. The Labute approximate surface area is 195 Å². The number of carbonyl (C=O) groups excluding carboxylic acids is 1. The fraction of sp³-hybridized carbons (Fsp3) is 0.320. The molecule has 1 aliphatic heterocycles. The van der Waals surface area contributed by atoms with Gasteiger partial charge in [0.05, 0.1) is 24.9 Å². The summed E-state index contributed by atoms with van der Waals surface area (Å²) in [6.45, 7) is 4.79. The van der Waals surface area contributed by atoms with Crippen molar-refractivity contribution in [2.24, 2.45) is 0 Å². The SMILES string of the molecule is COc1cccc(-c2ccnc(N3CCC(F)(P)C3)c2NC(=O)c2ccc(C(C)C)nc2)c1. The van der Waals surface area contributed by atoms with E-state index in [0.29, 0.717) is 35.8 Å². The Morgan fingerprint density at radius 1 is 1.24 bits per heavy atom. The second-order valence-electron chi connectivity index (χ2n) is 8.58. The number of benzene rings is 1. The standard InChI is InChI=1S/C25H28FN4O2P/c1-16(2)21-8-7-18(14-28-21)24(31)29-22-20(17-5-4-6-19(13-17)32-3)9-11-27-23(22)30-12-10-25(26,33)15-30/h4-9,11,13-14,16H,10,12,15,33H2,1-3H3,(H,29,31). The van der Waals surface area contributed by atoms with Crippen LogP contribution in [-0.2, 0) is 0 Å². The maximum absolute atomic E-state index is 14.6. The Morgan fingerprint density at radius 2 is 2.06 bits per heavy atom. The highest BCUT2D eigenvalue weighted by molar-refractivity contribution is 7.18. The first-order valence-electron chi connectivity index (χ1n) is 10.9. The molecule has 6 nitrogen and oxygen atoms in total. The second-order valence-corrected chi connectivity index (χ2v) is 9.61. The minimum absolute atomic E-state index is 0.180. The van der Waals surface area contributed by atoms with Gasteiger partial charge < -0.3 is 15.0 Å². The zero-order valence-electron chi connectivity index (χ0n) is 19.0. The molecule has 172 valence electrons. The maximum atomic E-state index is 14.6. The average molecular weight is 466 g/mol. The summed E-state index contributed by atoms with van der Waals surface area (Å²) in [4.78, 5) is 24.0. The number of aromatic nitrogens is 2. The van der Waals surface area contributed by atoms with Crippen LogP contribution in [-0.4, -0.2) is 41.5 Å². The molecule has 4 rings (SSSR count). The summed E-state index contributed by atoms with van der Waals surface area (Å²) in [5.74, 6) is 1.21. The number of hydrogen-bond donors (Lipinski definition) is 1. The molecule has 33 heavy (non-hydrogen) atoms. The van der Waals surface area contributed by atoms with Gasteiger partial charge in [-0.2, -0.15) is 0 Å². The molecule has 1 aliphatic rings. The van der Waals surface area contributed by atoms with Crippen LogP contribution in [0.15, 0.2) is 54.9 Å². The summed E-state index contributed by atoms with van der Waals surface area (Å²) in [5, 5.41) is 1.65. The predicted molar refractivity (Wildman–Crippen MR) is 133 cm³/mol. The van der Waals surface area contributed by atoms with E-state index in [-0.39, 0.29) is 18.4 Å². The monoisotopic (exact) mass is 466 g/mol. The Kier molecular flexibility index (Phi) is 6.61. The molecule has 8 heteroatoms. The van der Waals surface area contributed by atoms with Gasteiger partial charge in [0.1, 0.15) is 11.2 Å². The molecule has 0 radical (unpaired) electrons. The molecule has 1 saturated heterocycles. The first-order valence-corrected chi connectivity index (χ1v) is 11.5. The maximum Gasteiger partial charge on any atom is 0.257 e. The van der Waals surface area contributed by atoms with Gasteiger partial charge in [-0.15, -0.1) is 0 Å². The summed E-state index contributed by atoms with van der Waals surface area (Å²) >= 11 is 0. The number of hydrogen-bond acceptors (Lipinski definition) is 5. The molecular weight excluding hydrogens is 438 g/mol. The Hall–Kier alpha value is -3.05. The average Bonchev–Trinajstić information content (AvgIpc) is 3.18. The third-order valence-corrected chi connectivity index (χ3v) is 6.21. The predicted octanol–water partition coefficient (Wildman–Crippen LogP) is 5.28. The zero-order valence-corrected chi connectivity index (χ0v) is 20.2. The van der Waals surface area contributed by atoms with Gasteiger partial charge >= 0.3 is 0 Å². The second kappa shape index (κ2) is 9.44. The Bertz CT molecular complexity index is 1150. The third kappa shape index (κ3) is 5.14. The topological polar surface area (TPSA) is 67.3 Å². The number of alkyl halides is 1. The van der Waals surface area contributed by atoms with E-state index in [1.54, 1.807) is 25.6 Å². The van der Waals surface area contributed by atoms with Crippen LogP contribution in [0, 0.1) is 0 Å². The lowest BCUT2D eigenvalue weighted by molar-refractivity contribution is 0.102. The molecule has 1 fully saturated rings. The van der Waals surface area contributed by atoms with Crippen LogP contribution >= 0.6 is 9.24 Å². The molecule has 0 spiro atoms. The lowest BCUT2D eigenvalue weighted by Gasteiger charge is -2.23. The number of pyridine rings is 2. The van der Waals surface area contributed by atoms with Crippen LogP contribution in [0.25, 0.3) is 11.1 Å². The number of rotatable bonds is 6. The van der Waals surface area contributed by atoms with Crippen LogP contribution in [0.4, 0.5) is 15.9 Å². The number of methoxy groups -OCH3 is 1. The molecule has 1 N–H and O–H groups in total.